The summed E-state index contributed by atoms with van der Waals surface area (Å²) in [6.07, 6.45) is 2.22. The zero-order chi connectivity index (χ0) is 17.6. The number of thioether (sulfide) groups is 1. The van der Waals surface area contributed by atoms with Gasteiger partial charge in [-0.1, -0.05) is 6.07 Å². The molecule has 6 nitrogen and oxygen atoms in total. The minimum absolute atomic E-state index is 0.0399. The Hall–Kier alpha value is -1.60. The van der Waals surface area contributed by atoms with E-state index in [-0.39, 0.29) is 23.8 Å². The standard InChI is InChI=1S/C18H26N4O2S/c1-13-4-2-6-16(20-13)21-18(24)14-5-3-8-22(11-14)17(23)10-15-12-25-9-7-19-15/h2,4,6,14-15,19H,3,5,7-12H2,1H3,(H,20,21,24). The molecule has 1 aromatic heterocycles. The summed E-state index contributed by atoms with van der Waals surface area (Å²) in [5.41, 5.74) is 0.871. The van der Waals surface area contributed by atoms with Gasteiger partial charge in [0, 0.05) is 49.3 Å². The van der Waals surface area contributed by atoms with E-state index < -0.39 is 0 Å². The molecule has 0 spiro atoms. The summed E-state index contributed by atoms with van der Waals surface area (Å²) in [6.45, 7) is 4.13. The van der Waals surface area contributed by atoms with Gasteiger partial charge >= 0.3 is 0 Å². The SMILES string of the molecule is Cc1cccc(NC(=O)C2CCCN(C(=O)CC3CSCCN3)C2)n1. The van der Waals surface area contributed by atoms with Crippen molar-refractivity contribution in [2.75, 3.05) is 36.5 Å². The van der Waals surface area contributed by atoms with Crippen LogP contribution in [-0.4, -0.2) is 58.9 Å². The van der Waals surface area contributed by atoms with Crippen LogP contribution in [0.2, 0.25) is 0 Å². The lowest BCUT2D eigenvalue weighted by Gasteiger charge is -2.33. The summed E-state index contributed by atoms with van der Waals surface area (Å²) in [7, 11) is 0. The molecule has 0 bridgehead atoms. The third-order valence-corrected chi connectivity index (χ3v) is 5.83. The summed E-state index contributed by atoms with van der Waals surface area (Å²) in [5.74, 6) is 2.64. The molecule has 0 aliphatic carbocycles. The van der Waals surface area contributed by atoms with Gasteiger partial charge in [0.25, 0.3) is 0 Å². The number of anilines is 1. The Morgan fingerprint density at radius 2 is 2.32 bits per heavy atom. The molecule has 2 atom stereocenters. The Morgan fingerprint density at radius 1 is 1.44 bits per heavy atom. The Labute approximate surface area is 153 Å². The molecule has 0 radical (unpaired) electrons. The van der Waals surface area contributed by atoms with Crippen LogP contribution in [0.15, 0.2) is 18.2 Å². The topological polar surface area (TPSA) is 74.3 Å². The highest BCUT2D eigenvalue weighted by atomic mass is 32.2. The van der Waals surface area contributed by atoms with Gasteiger partial charge in [0.1, 0.15) is 5.82 Å². The lowest BCUT2D eigenvalue weighted by Crippen LogP contribution is -2.47. The Morgan fingerprint density at radius 3 is 3.08 bits per heavy atom. The number of carbonyl (C=O) groups is 2. The van der Waals surface area contributed by atoms with Crippen LogP contribution < -0.4 is 10.6 Å². The van der Waals surface area contributed by atoms with Gasteiger partial charge in [0.2, 0.25) is 11.8 Å². The molecular weight excluding hydrogens is 336 g/mol. The van der Waals surface area contributed by atoms with E-state index in [9.17, 15) is 9.59 Å². The monoisotopic (exact) mass is 362 g/mol. The summed E-state index contributed by atoms with van der Waals surface area (Å²) in [4.78, 5) is 31.3. The quantitative estimate of drug-likeness (QED) is 0.852. The van der Waals surface area contributed by atoms with Crippen molar-refractivity contribution >= 4 is 29.4 Å². The molecule has 3 rings (SSSR count). The molecule has 2 amide bonds. The molecule has 136 valence electrons. The number of nitrogens with one attached hydrogen (secondary N) is 2. The van der Waals surface area contributed by atoms with Crippen LogP contribution in [0.3, 0.4) is 0 Å². The predicted molar refractivity (Wildman–Crippen MR) is 101 cm³/mol. The number of aromatic nitrogens is 1. The fourth-order valence-electron chi connectivity index (χ4n) is 3.35. The molecule has 1 aromatic rings. The van der Waals surface area contributed by atoms with Crippen molar-refractivity contribution in [2.24, 2.45) is 5.92 Å². The smallest absolute Gasteiger partial charge is 0.230 e. The van der Waals surface area contributed by atoms with Crippen LogP contribution >= 0.6 is 11.8 Å². The number of likely N-dealkylation sites (tertiary alicyclic amines) is 1. The molecule has 2 aliphatic heterocycles. The minimum atomic E-state index is -0.159. The van der Waals surface area contributed by atoms with Crippen LogP contribution in [-0.2, 0) is 9.59 Å². The molecule has 0 aromatic carbocycles. The van der Waals surface area contributed by atoms with Gasteiger partial charge in [-0.25, -0.2) is 4.98 Å². The predicted octanol–water partition coefficient (Wildman–Crippen LogP) is 1.66. The molecular formula is C18H26N4O2S. The summed E-state index contributed by atoms with van der Waals surface area (Å²) < 4.78 is 0. The van der Waals surface area contributed by atoms with E-state index in [1.165, 1.54) is 0 Å². The van der Waals surface area contributed by atoms with E-state index >= 15 is 0 Å². The average molecular weight is 362 g/mol. The highest BCUT2D eigenvalue weighted by molar-refractivity contribution is 7.99. The van der Waals surface area contributed by atoms with E-state index in [4.69, 9.17) is 0 Å². The van der Waals surface area contributed by atoms with Gasteiger partial charge in [0.15, 0.2) is 0 Å². The molecule has 2 saturated heterocycles. The molecule has 0 saturated carbocycles. The van der Waals surface area contributed by atoms with Crippen molar-refractivity contribution in [2.45, 2.75) is 32.2 Å². The third kappa shape index (κ3) is 5.19. The summed E-state index contributed by atoms with van der Waals surface area (Å²) in [6, 6.07) is 5.83. The normalized spacial score (nSPS) is 24.0. The molecule has 7 heteroatoms. The van der Waals surface area contributed by atoms with Gasteiger partial charge in [-0.15, -0.1) is 0 Å². The van der Waals surface area contributed by atoms with Crippen LogP contribution in [0.5, 0.6) is 0 Å². The number of pyridine rings is 1. The molecule has 2 fully saturated rings. The van der Waals surface area contributed by atoms with E-state index in [2.05, 4.69) is 15.6 Å². The summed E-state index contributed by atoms with van der Waals surface area (Å²) in [5, 5.41) is 6.29. The Bertz CT molecular complexity index is 619. The van der Waals surface area contributed by atoms with Crippen molar-refractivity contribution < 1.29 is 9.59 Å². The number of rotatable bonds is 4. The lowest BCUT2D eigenvalue weighted by atomic mass is 9.96. The number of nitrogens with zero attached hydrogens (tertiary/aromatic N) is 2. The van der Waals surface area contributed by atoms with Gasteiger partial charge in [0.05, 0.1) is 5.92 Å². The largest absolute Gasteiger partial charge is 0.342 e. The zero-order valence-corrected chi connectivity index (χ0v) is 15.5. The van der Waals surface area contributed by atoms with Crippen molar-refractivity contribution in [3.8, 4) is 0 Å². The number of aryl methyl sites for hydroxylation is 1. The van der Waals surface area contributed by atoms with Crippen LogP contribution in [0.1, 0.15) is 25.0 Å². The van der Waals surface area contributed by atoms with Gasteiger partial charge < -0.3 is 15.5 Å². The van der Waals surface area contributed by atoms with Crippen LogP contribution in [0.25, 0.3) is 0 Å². The lowest BCUT2D eigenvalue weighted by molar-refractivity contribution is -0.135. The molecule has 2 unspecified atom stereocenters. The number of hydrogen-bond acceptors (Lipinski definition) is 5. The maximum absolute atomic E-state index is 12.6. The van der Waals surface area contributed by atoms with E-state index in [0.717, 1.165) is 43.1 Å². The van der Waals surface area contributed by atoms with Crippen molar-refractivity contribution in [1.82, 2.24) is 15.2 Å². The van der Waals surface area contributed by atoms with E-state index in [1.54, 1.807) is 6.07 Å². The number of piperidine rings is 1. The van der Waals surface area contributed by atoms with Gasteiger partial charge in [-0.3, -0.25) is 9.59 Å². The number of carbonyl (C=O) groups excluding carboxylic acids is 2. The molecule has 2 N–H and O–H groups in total. The van der Waals surface area contributed by atoms with Crippen molar-refractivity contribution in [1.29, 1.82) is 0 Å². The van der Waals surface area contributed by atoms with E-state index in [0.29, 0.717) is 18.8 Å². The first-order valence-electron chi connectivity index (χ1n) is 8.95. The van der Waals surface area contributed by atoms with Crippen LogP contribution in [0.4, 0.5) is 5.82 Å². The fraction of sp³-hybridized carbons (Fsp3) is 0.611. The number of hydrogen-bond donors (Lipinski definition) is 2. The second-order valence-electron chi connectivity index (χ2n) is 6.76. The molecule has 2 aliphatic rings. The third-order valence-electron chi connectivity index (χ3n) is 4.70. The second-order valence-corrected chi connectivity index (χ2v) is 7.91. The van der Waals surface area contributed by atoms with Crippen LogP contribution in [0, 0.1) is 12.8 Å². The zero-order valence-electron chi connectivity index (χ0n) is 14.7. The highest BCUT2D eigenvalue weighted by Gasteiger charge is 2.29. The van der Waals surface area contributed by atoms with Crippen molar-refractivity contribution in [3.63, 3.8) is 0 Å². The Kier molecular flexibility index (Phi) is 6.31. The van der Waals surface area contributed by atoms with Gasteiger partial charge in [-0.2, -0.15) is 11.8 Å². The van der Waals surface area contributed by atoms with Gasteiger partial charge in [-0.05, 0) is 31.9 Å². The number of amides is 2. The maximum Gasteiger partial charge on any atom is 0.230 e. The second kappa shape index (κ2) is 8.67. The molecule has 25 heavy (non-hydrogen) atoms. The first-order valence-corrected chi connectivity index (χ1v) is 10.1. The van der Waals surface area contributed by atoms with E-state index in [1.807, 2.05) is 35.7 Å². The maximum atomic E-state index is 12.6. The fourth-order valence-corrected chi connectivity index (χ4v) is 4.30. The average Bonchev–Trinajstić information content (AvgIpc) is 2.62. The highest BCUT2D eigenvalue weighted by Crippen LogP contribution is 2.20. The molecule has 3 heterocycles. The first-order chi connectivity index (χ1) is 12.1. The van der Waals surface area contributed by atoms with Crippen molar-refractivity contribution in [3.05, 3.63) is 23.9 Å². The summed E-state index contributed by atoms with van der Waals surface area (Å²) >= 11 is 1.90. The first kappa shape index (κ1) is 18.2. The Balaban J connectivity index is 1.53. The minimum Gasteiger partial charge on any atom is -0.342 e.